The van der Waals surface area contributed by atoms with Crippen LogP contribution in [0.25, 0.3) is 21.7 Å². The first-order chi connectivity index (χ1) is 16.9. The zero-order chi connectivity index (χ0) is 24.6. The van der Waals surface area contributed by atoms with Gasteiger partial charge in [0.1, 0.15) is 6.61 Å². The van der Waals surface area contributed by atoms with Crippen molar-refractivity contribution < 1.29 is 27.4 Å². The Morgan fingerprint density at radius 2 is 1.57 bits per heavy atom. The Balaban J connectivity index is 1.77. The van der Waals surface area contributed by atoms with E-state index in [0.717, 1.165) is 12.7 Å². The maximum Gasteiger partial charge on any atom is 0.419 e. The van der Waals surface area contributed by atoms with E-state index in [0.29, 0.717) is 22.7 Å². The van der Waals surface area contributed by atoms with Gasteiger partial charge in [0.05, 0.1) is 24.4 Å². The summed E-state index contributed by atoms with van der Waals surface area (Å²) < 4.78 is 55.7. The van der Waals surface area contributed by atoms with Gasteiger partial charge >= 0.3 is 12.1 Å². The molecule has 0 radical (unpaired) electrons. The molecule has 1 unspecified atom stereocenters. The van der Waals surface area contributed by atoms with Crippen LogP contribution in [0.4, 0.5) is 13.2 Å². The topological polar surface area (TPSA) is 60.8 Å². The van der Waals surface area contributed by atoms with Gasteiger partial charge in [0, 0.05) is 10.8 Å². The number of halogens is 3. The summed E-state index contributed by atoms with van der Waals surface area (Å²) in [6, 6.07) is 22.1. The molecule has 5 rings (SSSR count). The number of carbonyl (C=O) groups excluding carboxylic acids is 1. The van der Waals surface area contributed by atoms with Gasteiger partial charge in [-0.3, -0.25) is 9.78 Å². The fourth-order valence-electron chi connectivity index (χ4n) is 4.61. The second-order valence-corrected chi connectivity index (χ2v) is 8.35. The molecular weight excluding hydrogens is 457 g/mol. The summed E-state index contributed by atoms with van der Waals surface area (Å²) in [5.74, 6) is -2.29. The fourth-order valence-corrected chi connectivity index (χ4v) is 4.61. The number of methoxy groups -OCH3 is 1. The van der Waals surface area contributed by atoms with Crippen LogP contribution < -0.4 is 0 Å². The van der Waals surface area contributed by atoms with Gasteiger partial charge in [0.25, 0.3) is 5.41 Å². The molecule has 35 heavy (non-hydrogen) atoms. The second kappa shape index (κ2) is 8.69. The molecule has 4 aromatic rings. The van der Waals surface area contributed by atoms with Gasteiger partial charge in [-0.05, 0) is 23.4 Å². The summed E-state index contributed by atoms with van der Waals surface area (Å²) in [5, 5.41) is 1.38. The lowest BCUT2D eigenvalue weighted by Gasteiger charge is -2.32. The van der Waals surface area contributed by atoms with Crippen molar-refractivity contribution >= 4 is 33.5 Å². The highest BCUT2D eigenvalue weighted by Crippen LogP contribution is 2.47. The predicted molar refractivity (Wildman–Crippen MR) is 126 cm³/mol. The Labute approximate surface area is 199 Å². The lowest BCUT2D eigenvalue weighted by Crippen LogP contribution is -2.56. The highest BCUT2D eigenvalue weighted by Gasteiger charge is 2.70. The van der Waals surface area contributed by atoms with Crippen LogP contribution in [0, 0.1) is 0 Å². The van der Waals surface area contributed by atoms with E-state index in [1.807, 2.05) is 30.3 Å². The lowest BCUT2D eigenvalue weighted by molar-refractivity contribution is -0.195. The van der Waals surface area contributed by atoms with Gasteiger partial charge in [0.2, 0.25) is 5.90 Å². The summed E-state index contributed by atoms with van der Waals surface area (Å²) in [7, 11) is 0.920. The van der Waals surface area contributed by atoms with Crippen LogP contribution in [-0.2, 0) is 26.1 Å². The number of alkyl halides is 3. The number of nitrogens with zero attached hydrogens (tertiary/aromatic N) is 2. The average Bonchev–Trinajstić information content (AvgIpc) is 3.32. The molecule has 0 bridgehead atoms. The zero-order valence-corrected chi connectivity index (χ0v) is 18.8. The SMILES string of the molecule is COC(=O)C(C1=N[C@@H](Cc2ccccc2)CO1)(c1nc2ccccc2c2ccccc12)C(F)(F)F. The van der Waals surface area contributed by atoms with Crippen molar-refractivity contribution in [1.29, 1.82) is 0 Å². The second-order valence-electron chi connectivity index (χ2n) is 8.35. The Hall–Kier alpha value is -3.94. The van der Waals surface area contributed by atoms with Crippen LogP contribution >= 0.6 is 0 Å². The molecule has 0 aliphatic carbocycles. The highest BCUT2D eigenvalue weighted by atomic mass is 19.4. The number of carbonyl (C=O) groups is 1. The Morgan fingerprint density at radius 1 is 0.943 bits per heavy atom. The molecule has 1 aliphatic heterocycles. The van der Waals surface area contributed by atoms with Crippen molar-refractivity contribution in [2.75, 3.05) is 13.7 Å². The van der Waals surface area contributed by atoms with Crippen molar-refractivity contribution in [3.05, 3.63) is 90.1 Å². The fraction of sp³-hybridized carbons (Fsp3) is 0.222. The number of aliphatic imine (C=N–C) groups is 1. The monoisotopic (exact) mass is 478 g/mol. The third-order valence-electron chi connectivity index (χ3n) is 6.23. The number of rotatable bonds is 5. The maximum absolute atomic E-state index is 15.1. The van der Waals surface area contributed by atoms with Gasteiger partial charge in [-0.2, -0.15) is 13.2 Å². The third-order valence-corrected chi connectivity index (χ3v) is 6.23. The van der Waals surface area contributed by atoms with E-state index in [-0.39, 0.29) is 12.0 Å². The molecule has 2 atom stereocenters. The molecular formula is C27H21F3N2O3. The van der Waals surface area contributed by atoms with E-state index in [2.05, 4.69) is 9.98 Å². The van der Waals surface area contributed by atoms with Crippen LogP contribution in [0.1, 0.15) is 11.3 Å². The highest BCUT2D eigenvalue weighted by molar-refractivity contribution is 6.15. The summed E-state index contributed by atoms with van der Waals surface area (Å²) in [6.45, 7) is -0.0927. The van der Waals surface area contributed by atoms with Gasteiger partial charge in [-0.25, -0.2) is 4.99 Å². The van der Waals surface area contributed by atoms with Crippen molar-refractivity contribution in [3.8, 4) is 0 Å². The quantitative estimate of drug-likeness (QED) is 0.285. The van der Waals surface area contributed by atoms with E-state index in [1.165, 1.54) is 6.07 Å². The van der Waals surface area contributed by atoms with Gasteiger partial charge in [0.15, 0.2) is 0 Å². The summed E-state index contributed by atoms with van der Waals surface area (Å²) >= 11 is 0. The van der Waals surface area contributed by atoms with E-state index < -0.39 is 35.2 Å². The smallest absolute Gasteiger partial charge is 0.419 e. The average molecular weight is 478 g/mol. The van der Waals surface area contributed by atoms with E-state index in [4.69, 9.17) is 9.47 Å². The Bertz CT molecular complexity index is 1440. The third kappa shape index (κ3) is 3.69. The number of esters is 1. The molecule has 0 saturated heterocycles. The van der Waals surface area contributed by atoms with Crippen LogP contribution in [0.2, 0.25) is 0 Å². The zero-order valence-electron chi connectivity index (χ0n) is 18.8. The molecule has 0 saturated carbocycles. The number of aromatic nitrogens is 1. The lowest BCUT2D eigenvalue weighted by atomic mass is 9.79. The van der Waals surface area contributed by atoms with Crippen molar-refractivity contribution in [2.45, 2.75) is 24.1 Å². The first-order valence-corrected chi connectivity index (χ1v) is 11.0. The van der Waals surface area contributed by atoms with Gasteiger partial charge < -0.3 is 9.47 Å². The standard InChI is InChI=1S/C27H21F3N2O3/c1-34-25(33)26(27(28,29)30,24-31-18(16-35-24)15-17-9-3-2-4-10-17)23-21-13-6-5-11-19(21)20-12-7-8-14-22(20)32-23/h2-14,18H,15-16H2,1H3/t18-,26?/m0/s1. The molecule has 5 nitrogen and oxygen atoms in total. The largest absolute Gasteiger partial charge is 0.477 e. The van der Waals surface area contributed by atoms with Crippen molar-refractivity contribution in [2.24, 2.45) is 4.99 Å². The molecule has 178 valence electrons. The van der Waals surface area contributed by atoms with Gasteiger partial charge in [-0.1, -0.05) is 72.8 Å². The van der Waals surface area contributed by atoms with Crippen LogP contribution in [0.3, 0.4) is 0 Å². The minimum atomic E-state index is -5.14. The molecule has 2 heterocycles. The number of para-hydroxylation sites is 1. The van der Waals surface area contributed by atoms with Crippen LogP contribution in [-0.4, -0.2) is 42.8 Å². The Morgan fingerprint density at radius 3 is 2.26 bits per heavy atom. The first kappa shape index (κ1) is 22.8. The van der Waals surface area contributed by atoms with E-state index in [9.17, 15) is 4.79 Å². The minimum absolute atomic E-state index is 0.0927. The van der Waals surface area contributed by atoms with Crippen LogP contribution in [0.15, 0.2) is 83.9 Å². The van der Waals surface area contributed by atoms with Gasteiger partial charge in [-0.15, -0.1) is 0 Å². The molecule has 0 spiro atoms. The molecule has 1 aliphatic rings. The summed E-state index contributed by atoms with van der Waals surface area (Å²) in [4.78, 5) is 21.8. The molecule has 0 N–H and O–H groups in total. The first-order valence-electron chi connectivity index (χ1n) is 11.0. The number of ether oxygens (including phenoxy) is 2. The van der Waals surface area contributed by atoms with Crippen molar-refractivity contribution in [1.82, 2.24) is 4.98 Å². The minimum Gasteiger partial charge on any atom is -0.477 e. The molecule has 8 heteroatoms. The van der Waals surface area contributed by atoms with E-state index in [1.54, 1.807) is 42.5 Å². The molecule has 3 aromatic carbocycles. The molecule has 0 fully saturated rings. The number of pyridine rings is 1. The summed E-state index contributed by atoms with van der Waals surface area (Å²) in [5.41, 5.74) is -2.61. The number of hydrogen-bond acceptors (Lipinski definition) is 5. The Kier molecular flexibility index (Phi) is 5.67. The number of fused-ring (bicyclic) bond motifs is 3. The summed E-state index contributed by atoms with van der Waals surface area (Å²) in [6.07, 6.45) is -4.77. The number of hydrogen-bond donors (Lipinski definition) is 0. The predicted octanol–water partition coefficient (Wildman–Crippen LogP) is 5.40. The maximum atomic E-state index is 15.1. The van der Waals surface area contributed by atoms with Crippen molar-refractivity contribution in [3.63, 3.8) is 0 Å². The van der Waals surface area contributed by atoms with Crippen LogP contribution in [0.5, 0.6) is 0 Å². The molecule has 1 aromatic heterocycles. The molecule has 0 amide bonds. The normalized spacial score (nSPS) is 17.6. The van der Waals surface area contributed by atoms with E-state index >= 15 is 13.2 Å². The number of benzene rings is 3.